The molecule has 10 rings (SSSR count). The number of halogens is 4. The fourth-order valence-electron chi connectivity index (χ4n) is 8.89. The number of hydrogen-bond donors (Lipinski definition) is 3. The summed E-state index contributed by atoms with van der Waals surface area (Å²) in [6.45, 7) is 3.06. The Morgan fingerprint density at radius 2 is 1.03 bits per heavy atom. The molecule has 2 aliphatic carbocycles. The van der Waals surface area contributed by atoms with E-state index in [-0.39, 0.29) is 67.5 Å². The Balaban J connectivity index is 0.000000180. The average molecular weight is 1210 g/mol. The molecule has 0 bridgehead atoms. The second-order valence-electron chi connectivity index (χ2n) is 18.4. The number of Topliss-reactive ketones (excluding diaryl/α,β-unsaturated/α-hetero) is 2. The molecule has 374 valence electrons. The van der Waals surface area contributed by atoms with Crippen LogP contribution in [0.1, 0.15) is 70.4 Å². The number of aromatic amines is 1. The van der Waals surface area contributed by atoms with Gasteiger partial charge in [0.25, 0.3) is 22.2 Å². The van der Waals surface area contributed by atoms with Crippen molar-refractivity contribution in [3.63, 3.8) is 0 Å². The fraction of sp³-hybridized carbons (Fsp3) is 0.245. The largest absolute Gasteiger partial charge is 0.338 e. The minimum Gasteiger partial charge on any atom is -0.338 e. The smallest absolute Gasteiger partial charge is 0.335 e. The summed E-state index contributed by atoms with van der Waals surface area (Å²) in [7, 11) is 4.29. The Morgan fingerprint density at radius 3 is 1.48 bits per heavy atom. The number of carbonyl (C=O) groups excluding carboxylic acids is 2. The van der Waals surface area contributed by atoms with Crippen LogP contribution in [0, 0.1) is 44.5 Å². The normalized spacial score (nSPS) is 13.2. The predicted molar refractivity (Wildman–Crippen MR) is 293 cm³/mol. The van der Waals surface area contributed by atoms with Gasteiger partial charge in [0.2, 0.25) is 0 Å². The molecule has 4 aromatic carbocycles. The SMILES string of the molecule is Cc1c(=O)n(C)c(Nc2ccc(I)cc2F)c2c(=O)[nH]c(=O)n(-c3cccc(C(=O)CC4CC4)c3)c12.Cc1c(=O)n(C)c(Nc2ccc(I)cc2F)c2c(=O)n(C)c(=O)n(-c3cccc(C(=O)CC4CC4)c3)c12. The Labute approximate surface area is 440 Å². The Kier molecular flexibility index (Phi) is 14.0. The minimum atomic E-state index is -0.748. The zero-order chi connectivity index (χ0) is 52.3. The number of fused-ring (bicyclic) bond motifs is 2. The van der Waals surface area contributed by atoms with Crippen LogP contribution in [0.5, 0.6) is 0 Å². The number of aryl methyl sites for hydroxylation is 2. The molecule has 0 unspecified atom stereocenters. The third-order valence-electron chi connectivity index (χ3n) is 13.2. The van der Waals surface area contributed by atoms with Crippen LogP contribution in [0.2, 0.25) is 0 Å². The molecule has 2 aliphatic rings. The lowest BCUT2D eigenvalue weighted by molar-refractivity contribution is 0.0968. The van der Waals surface area contributed by atoms with Gasteiger partial charge in [0.15, 0.2) is 11.6 Å². The number of rotatable bonds is 12. The number of hydrogen-bond acceptors (Lipinski definition) is 10. The summed E-state index contributed by atoms with van der Waals surface area (Å²) in [5.74, 6) is -0.260. The van der Waals surface area contributed by atoms with E-state index in [0.717, 1.165) is 30.3 Å². The number of carbonyl (C=O) groups is 2. The van der Waals surface area contributed by atoms with Crippen LogP contribution >= 0.6 is 45.2 Å². The number of pyridine rings is 2. The van der Waals surface area contributed by atoms with Crippen molar-refractivity contribution in [1.29, 1.82) is 0 Å². The first-order chi connectivity index (χ1) is 34.7. The van der Waals surface area contributed by atoms with E-state index in [1.54, 1.807) is 60.7 Å². The van der Waals surface area contributed by atoms with Gasteiger partial charge in [-0.05, 0) is 157 Å². The van der Waals surface area contributed by atoms with Crippen LogP contribution in [0.4, 0.5) is 31.8 Å². The fourth-order valence-corrected chi connectivity index (χ4v) is 9.80. The van der Waals surface area contributed by atoms with Crippen LogP contribution in [-0.2, 0) is 21.1 Å². The lowest BCUT2D eigenvalue weighted by atomic mass is 10.0. The highest BCUT2D eigenvalue weighted by Crippen LogP contribution is 2.35. The first kappa shape index (κ1) is 50.8. The van der Waals surface area contributed by atoms with Gasteiger partial charge in [-0.1, -0.05) is 24.3 Å². The quantitative estimate of drug-likeness (QED) is 0.0789. The molecule has 2 saturated carbocycles. The van der Waals surface area contributed by atoms with Gasteiger partial charge in [-0.2, -0.15) is 0 Å². The Bertz CT molecular complexity index is 4030. The summed E-state index contributed by atoms with van der Waals surface area (Å²) in [5.41, 5.74) is -1.39. The molecule has 0 saturated heterocycles. The second-order valence-corrected chi connectivity index (χ2v) is 20.9. The van der Waals surface area contributed by atoms with Gasteiger partial charge >= 0.3 is 11.4 Å². The Hall–Kier alpha value is -7.08. The molecule has 0 spiro atoms. The predicted octanol–water partition coefficient (Wildman–Crippen LogP) is 8.32. The van der Waals surface area contributed by atoms with E-state index < -0.39 is 45.3 Å². The van der Waals surface area contributed by atoms with Crippen molar-refractivity contribution < 1.29 is 18.4 Å². The summed E-state index contributed by atoms with van der Waals surface area (Å²) in [4.78, 5) is 107. The van der Waals surface area contributed by atoms with Crippen molar-refractivity contribution in [3.05, 3.63) is 188 Å². The van der Waals surface area contributed by atoms with Gasteiger partial charge in [-0.25, -0.2) is 18.4 Å². The number of H-pyrrole nitrogens is 1. The summed E-state index contributed by atoms with van der Waals surface area (Å²) in [5, 5.41) is 5.84. The maximum atomic E-state index is 14.7. The maximum Gasteiger partial charge on any atom is 0.335 e. The molecule has 3 N–H and O–H groups in total. The van der Waals surface area contributed by atoms with E-state index >= 15 is 0 Å². The minimum absolute atomic E-state index is 0.0156. The third kappa shape index (κ3) is 9.93. The van der Waals surface area contributed by atoms with Crippen molar-refractivity contribution in [2.24, 2.45) is 33.0 Å². The molecule has 0 aliphatic heterocycles. The lowest BCUT2D eigenvalue weighted by Crippen LogP contribution is -2.40. The van der Waals surface area contributed by atoms with Crippen LogP contribution in [0.3, 0.4) is 0 Å². The molecule has 0 atom stereocenters. The van der Waals surface area contributed by atoms with E-state index in [1.165, 1.54) is 77.5 Å². The summed E-state index contributed by atoms with van der Waals surface area (Å²) in [6, 6.07) is 22.3. The third-order valence-corrected chi connectivity index (χ3v) is 14.6. The van der Waals surface area contributed by atoms with Gasteiger partial charge in [0.05, 0.1) is 33.8 Å². The average Bonchev–Trinajstić information content (AvgIpc) is 4.32. The maximum absolute atomic E-state index is 14.7. The molecular weight excluding hydrogens is 1170 g/mol. The van der Waals surface area contributed by atoms with Crippen molar-refractivity contribution in [3.8, 4) is 11.4 Å². The lowest BCUT2D eigenvalue weighted by Gasteiger charge is -2.20. The van der Waals surface area contributed by atoms with Crippen molar-refractivity contribution in [2.75, 3.05) is 10.6 Å². The summed E-state index contributed by atoms with van der Waals surface area (Å²) < 4.78 is 36.6. The molecule has 4 heterocycles. The van der Waals surface area contributed by atoms with Crippen LogP contribution in [-0.4, -0.2) is 39.4 Å². The summed E-state index contributed by atoms with van der Waals surface area (Å²) >= 11 is 3.97. The molecule has 8 aromatic rings. The number of benzene rings is 4. The number of anilines is 4. The molecule has 2 fully saturated rings. The van der Waals surface area contributed by atoms with Gasteiger partial charge in [-0.3, -0.25) is 56.6 Å². The van der Waals surface area contributed by atoms with Crippen molar-refractivity contribution in [2.45, 2.75) is 52.4 Å². The molecule has 0 radical (unpaired) electrons. The number of nitrogens with one attached hydrogen (secondary N) is 3. The van der Waals surface area contributed by atoms with E-state index in [2.05, 4.69) is 15.6 Å². The molecule has 73 heavy (non-hydrogen) atoms. The topological polar surface area (TPSA) is 201 Å². The zero-order valence-electron chi connectivity index (χ0n) is 40.0. The van der Waals surface area contributed by atoms with Gasteiger partial charge in [0, 0.05) is 63.4 Å². The molecule has 20 heteroatoms. The van der Waals surface area contributed by atoms with Crippen molar-refractivity contribution in [1.82, 2.24) is 27.8 Å². The number of nitrogens with zero attached hydrogens (tertiary/aromatic N) is 5. The number of aromatic nitrogens is 6. The standard InChI is InChI=1S/C27H24FIN4O4.C26H22FIN4O4/c1-14-23-22(24(31(2)25(14)35)30-20-10-9-17(29)13-19(20)28)26(36)32(3)27(37)33(23)18-6-4-5-16(12-18)21(34)11-15-7-8-15;1-13-22-21(23(31(2)25(13)35)29-19-9-8-16(28)12-18(19)27)24(34)30-26(36)32(22)17-5-3-4-15(11-17)20(33)10-14-6-7-14/h4-6,9-10,12-13,15,30H,7-8,11H2,1-3H3;3-5,8-9,11-12,14,29H,6-7,10H2,1-2H3,(H,30,34,36). The van der Waals surface area contributed by atoms with Crippen molar-refractivity contribution >= 4 is 102 Å². The number of ketones is 2. The van der Waals surface area contributed by atoms with Gasteiger partial charge < -0.3 is 10.6 Å². The molecule has 4 aromatic heterocycles. The Morgan fingerprint density at radius 1 is 0.589 bits per heavy atom. The highest BCUT2D eigenvalue weighted by molar-refractivity contribution is 14.1. The summed E-state index contributed by atoms with van der Waals surface area (Å²) in [6.07, 6.45) is 5.04. The van der Waals surface area contributed by atoms with Crippen LogP contribution in [0.15, 0.2) is 114 Å². The zero-order valence-corrected chi connectivity index (χ0v) is 44.3. The van der Waals surface area contributed by atoms with Gasteiger partial charge in [-0.15, -0.1) is 0 Å². The molecule has 16 nitrogen and oxygen atoms in total. The van der Waals surface area contributed by atoms with E-state index in [1.807, 2.05) is 45.2 Å². The van der Waals surface area contributed by atoms with Crippen LogP contribution in [0.25, 0.3) is 33.2 Å². The molecular formula is C53H46F2I2N8O8. The first-order valence-electron chi connectivity index (χ1n) is 23.2. The second kappa shape index (κ2) is 20.1. The monoisotopic (exact) mass is 1210 g/mol. The van der Waals surface area contributed by atoms with E-state index in [9.17, 15) is 47.1 Å². The highest BCUT2D eigenvalue weighted by atomic mass is 127. The van der Waals surface area contributed by atoms with Crippen LogP contribution < -0.4 is 44.3 Å². The van der Waals surface area contributed by atoms with Gasteiger partial charge in [0.1, 0.15) is 34.0 Å². The highest BCUT2D eigenvalue weighted by Gasteiger charge is 2.28. The first-order valence-corrected chi connectivity index (χ1v) is 25.3. The van der Waals surface area contributed by atoms with E-state index in [0.29, 0.717) is 54.3 Å². The van der Waals surface area contributed by atoms with E-state index in [4.69, 9.17) is 0 Å². The molecule has 0 amide bonds.